The fourth-order valence-electron chi connectivity index (χ4n) is 4.39. The van der Waals surface area contributed by atoms with Crippen LogP contribution in [0, 0.1) is 0 Å². The Morgan fingerprint density at radius 1 is 1.22 bits per heavy atom. The van der Waals surface area contributed by atoms with Crippen molar-refractivity contribution in [3.63, 3.8) is 0 Å². The van der Waals surface area contributed by atoms with E-state index in [4.69, 9.17) is 0 Å². The lowest BCUT2D eigenvalue weighted by molar-refractivity contribution is 0.258. The quantitative estimate of drug-likeness (QED) is 0.370. The Hall–Kier alpha value is -0.860. The predicted octanol–water partition coefficient (Wildman–Crippen LogP) is 2.92. The van der Waals surface area contributed by atoms with Crippen molar-refractivity contribution in [3.05, 3.63) is 35.9 Å². The third kappa shape index (κ3) is 6.32. The third-order valence-electron chi connectivity index (χ3n) is 5.91. The lowest BCUT2D eigenvalue weighted by Crippen LogP contribution is -2.48. The van der Waals surface area contributed by atoms with Crippen molar-refractivity contribution >= 4 is 29.9 Å². The van der Waals surface area contributed by atoms with Crippen molar-refractivity contribution in [3.8, 4) is 0 Å². The molecule has 3 rings (SSSR count). The van der Waals surface area contributed by atoms with E-state index in [1.165, 1.54) is 24.9 Å². The maximum atomic E-state index is 4.45. The second-order valence-corrected chi connectivity index (χ2v) is 7.72. The molecule has 0 amide bonds. The van der Waals surface area contributed by atoms with Crippen LogP contribution in [0.4, 0.5) is 0 Å². The molecule has 0 bridgehead atoms. The molecule has 2 fully saturated rings. The number of nitrogens with one attached hydrogen (secondary N) is 2. The van der Waals surface area contributed by atoms with Crippen molar-refractivity contribution in [2.24, 2.45) is 4.99 Å². The van der Waals surface area contributed by atoms with Gasteiger partial charge in [0.25, 0.3) is 0 Å². The molecule has 27 heavy (non-hydrogen) atoms. The smallest absolute Gasteiger partial charge is 0.191 e. The van der Waals surface area contributed by atoms with Gasteiger partial charge < -0.3 is 10.6 Å². The standard InChI is InChI=1S/C21H35N5.HI/c1-4-25-12-8-11-20(25)14-23-21(22-3)24-19-13-17(2)26(16-19)15-18-9-6-5-7-10-18;/h5-7,9-10,17,19-20H,4,8,11-16H2,1-3H3,(H2,22,23,24);1H. The van der Waals surface area contributed by atoms with Gasteiger partial charge in [-0.25, -0.2) is 0 Å². The van der Waals surface area contributed by atoms with Crippen molar-refractivity contribution in [2.75, 3.05) is 33.2 Å². The number of halogens is 1. The van der Waals surface area contributed by atoms with E-state index in [1.807, 2.05) is 7.05 Å². The summed E-state index contributed by atoms with van der Waals surface area (Å²) in [7, 11) is 1.88. The topological polar surface area (TPSA) is 42.9 Å². The van der Waals surface area contributed by atoms with E-state index in [0.717, 1.165) is 38.6 Å². The van der Waals surface area contributed by atoms with E-state index < -0.39 is 0 Å². The minimum atomic E-state index is 0. The highest BCUT2D eigenvalue weighted by atomic mass is 127. The number of rotatable bonds is 6. The summed E-state index contributed by atoms with van der Waals surface area (Å²) in [5, 5.41) is 7.21. The molecule has 2 aliphatic heterocycles. The van der Waals surface area contributed by atoms with Crippen molar-refractivity contribution in [2.45, 2.75) is 57.8 Å². The Bertz CT molecular complexity index is 579. The zero-order valence-electron chi connectivity index (χ0n) is 17.0. The zero-order valence-corrected chi connectivity index (χ0v) is 19.4. The molecule has 152 valence electrons. The SMILES string of the molecule is CCN1CCCC1CNC(=NC)NC1CC(C)N(Cc2ccccc2)C1.I. The van der Waals surface area contributed by atoms with Crippen LogP contribution in [0.15, 0.2) is 35.3 Å². The molecule has 2 N–H and O–H groups in total. The third-order valence-corrected chi connectivity index (χ3v) is 5.91. The lowest BCUT2D eigenvalue weighted by atomic mass is 10.2. The Kier molecular flexibility index (Phi) is 9.32. The molecule has 3 unspecified atom stereocenters. The maximum absolute atomic E-state index is 4.45. The number of likely N-dealkylation sites (tertiary alicyclic amines) is 2. The molecule has 0 spiro atoms. The molecule has 2 aliphatic rings. The number of aliphatic imine (C=N–C) groups is 1. The monoisotopic (exact) mass is 485 g/mol. The molecule has 2 saturated heterocycles. The van der Waals surface area contributed by atoms with Crippen molar-refractivity contribution < 1.29 is 0 Å². The van der Waals surface area contributed by atoms with Crippen LogP contribution in [-0.4, -0.2) is 67.1 Å². The number of hydrogen-bond acceptors (Lipinski definition) is 3. The van der Waals surface area contributed by atoms with Gasteiger partial charge in [-0.3, -0.25) is 14.8 Å². The van der Waals surface area contributed by atoms with Gasteiger partial charge >= 0.3 is 0 Å². The van der Waals surface area contributed by atoms with E-state index in [9.17, 15) is 0 Å². The number of benzene rings is 1. The molecule has 0 aliphatic carbocycles. The second kappa shape index (κ2) is 11.2. The molecule has 2 heterocycles. The minimum absolute atomic E-state index is 0. The Morgan fingerprint density at radius 3 is 2.70 bits per heavy atom. The van der Waals surface area contributed by atoms with Crippen LogP contribution in [0.3, 0.4) is 0 Å². The van der Waals surface area contributed by atoms with E-state index in [-0.39, 0.29) is 24.0 Å². The Morgan fingerprint density at radius 2 is 2.00 bits per heavy atom. The van der Waals surface area contributed by atoms with Gasteiger partial charge in [-0.2, -0.15) is 0 Å². The van der Waals surface area contributed by atoms with Crippen LogP contribution in [0.1, 0.15) is 38.7 Å². The molecule has 6 heteroatoms. The van der Waals surface area contributed by atoms with Gasteiger partial charge in [0.05, 0.1) is 0 Å². The van der Waals surface area contributed by atoms with Crippen LogP contribution in [-0.2, 0) is 6.54 Å². The molecule has 0 radical (unpaired) electrons. The van der Waals surface area contributed by atoms with Crippen molar-refractivity contribution in [1.82, 2.24) is 20.4 Å². The fourth-order valence-corrected chi connectivity index (χ4v) is 4.39. The van der Waals surface area contributed by atoms with Gasteiger partial charge in [0.2, 0.25) is 0 Å². The summed E-state index contributed by atoms with van der Waals surface area (Å²) in [4.78, 5) is 9.59. The zero-order chi connectivity index (χ0) is 18.4. The highest BCUT2D eigenvalue weighted by Gasteiger charge is 2.30. The highest BCUT2D eigenvalue weighted by molar-refractivity contribution is 14.0. The van der Waals surface area contributed by atoms with Crippen LogP contribution in [0.2, 0.25) is 0 Å². The lowest BCUT2D eigenvalue weighted by Gasteiger charge is -2.25. The van der Waals surface area contributed by atoms with Crippen LogP contribution in [0.5, 0.6) is 0 Å². The molecular formula is C21H36IN5. The molecule has 1 aromatic rings. The van der Waals surface area contributed by atoms with Gasteiger partial charge in [0, 0.05) is 44.8 Å². The maximum Gasteiger partial charge on any atom is 0.191 e. The summed E-state index contributed by atoms with van der Waals surface area (Å²) in [6, 6.07) is 12.5. The van der Waals surface area contributed by atoms with E-state index in [1.54, 1.807) is 0 Å². The number of guanidine groups is 1. The minimum Gasteiger partial charge on any atom is -0.355 e. The summed E-state index contributed by atoms with van der Waals surface area (Å²) in [6.07, 6.45) is 3.78. The average molecular weight is 485 g/mol. The number of likely N-dealkylation sites (N-methyl/N-ethyl adjacent to an activating group) is 1. The van der Waals surface area contributed by atoms with Crippen LogP contribution in [0.25, 0.3) is 0 Å². The predicted molar refractivity (Wildman–Crippen MR) is 125 cm³/mol. The van der Waals surface area contributed by atoms with Gasteiger partial charge in [-0.15, -0.1) is 24.0 Å². The van der Waals surface area contributed by atoms with Gasteiger partial charge in [0.15, 0.2) is 5.96 Å². The van der Waals surface area contributed by atoms with Crippen molar-refractivity contribution in [1.29, 1.82) is 0 Å². The van der Waals surface area contributed by atoms with E-state index >= 15 is 0 Å². The summed E-state index contributed by atoms with van der Waals surface area (Å²) in [5.74, 6) is 0.951. The molecule has 3 atom stereocenters. The first-order valence-electron chi connectivity index (χ1n) is 10.2. The largest absolute Gasteiger partial charge is 0.355 e. The second-order valence-electron chi connectivity index (χ2n) is 7.72. The first-order valence-corrected chi connectivity index (χ1v) is 10.2. The van der Waals surface area contributed by atoms with Gasteiger partial charge in [0.1, 0.15) is 0 Å². The van der Waals surface area contributed by atoms with Crippen LogP contribution < -0.4 is 10.6 Å². The molecule has 5 nitrogen and oxygen atoms in total. The van der Waals surface area contributed by atoms with Crippen LogP contribution >= 0.6 is 24.0 Å². The Labute approximate surface area is 182 Å². The summed E-state index contributed by atoms with van der Waals surface area (Å²) in [5.41, 5.74) is 1.39. The summed E-state index contributed by atoms with van der Waals surface area (Å²) in [6.45, 7) is 10.1. The first kappa shape index (κ1) is 22.4. The average Bonchev–Trinajstić information content (AvgIpc) is 3.25. The number of hydrogen-bond donors (Lipinski definition) is 2. The molecule has 1 aromatic carbocycles. The van der Waals surface area contributed by atoms with E-state index in [0.29, 0.717) is 18.1 Å². The molecular weight excluding hydrogens is 449 g/mol. The first-order chi connectivity index (χ1) is 12.7. The molecule has 0 aromatic heterocycles. The van der Waals surface area contributed by atoms with Gasteiger partial charge in [-0.05, 0) is 44.8 Å². The summed E-state index contributed by atoms with van der Waals surface area (Å²) >= 11 is 0. The molecule has 0 saturated carbocycles. The van der Waals surface area contributed by atoms with Gasteiger partial charge in [-0.1, -0.05) is 37.3 Å². The Balaban J connectivity index is 0.00000261. The number of nitrogens with zero attached hydrogens (tertiary/aromatic N) is 3. The fraction of sp³-hybridized carbons (Fsp3) is 0.667. The highest BCUT2D eigenvalue weighted by Crippen LogP contribution is 2.20. The normalized spacial score (nSPS) is 26.8. The summed E-state index contributed by atoms with van der Waals surface area (Å²) < 4.78 is 0. The van der Waals surface area contributed by atoms with E-state index in [2.05, 4.69) is 69.6 Å².